The number of rotatable bonds is 2. The van der Waals surface area contributed by atoms with E-state index in [4.69, 9.17) is 0 Å². The van der Waals surface area contributed by atoms with Crippen molar-refractivity contribution < 1.29 is 8.78 Å². The summed E-state index contributed by atoms with van der Waals surface area (Å²) in [7, 11) is 0. The molecule has 2 heterocycles. The van der Waals surface area contributed by atoms with Crippen LogP contribution in [0.15, 0.2) is 12.4 Å². The van der Waals surface area contributed by atoms with Crippen LogP contribution in [-0.2, 0) is 0 Å². The number of fused-ring (bicyclic) bond motifs is 1. The highest BCUT2D eigenvalue weighted by molar-refractivity contribution is 5.32. The summed E-state index contributed by atoms with van der Waals surface area (Å²) in [6.45, 7) is 4.46. The molecule has 3 unspecified atom stereocenters. The molecule has 1 fully saturated rings. The minimum atomic E-state index is -2.58. The molecule has 2 aromatic rings. The third-order valence-electron chi connectivity index (χ3n) is 4.67. The van der Waals surface area contributed by atoms with Crippen LogP contribution in [0.5, 0.6) is 0 Å². The minimum Gasteiger partial charge on any atom is -0.210 e. The van der Waals surface area contributed by atoms with Crippen LogP contribution in [0.2, 0.25) is 0 Å². The van der Waals surface area contributed by atoms with Crippen LogP contribution in [0, 0.1) is 11.8 Å². The molecule has 0 bridgehead atoms. The Morgan fingerprint density at radius 1 is 1.19 bits per heavy atom. The van der Waals surface area contributed by atoms with E-state index in [1.165, 1.54) is 18.8 Å². The number of aromatic nitrogens is 4. The molecular formula is C15H20F2N4. The van der Waals surface area contributed by atoms with Gasteiger partial charge in [0.1, 0.15) is 12.0 Å². The first-order valence-electron chi connectivity index (χ1n) is 7.55. The highest BCUT2D eigenvalue weighted by atomic mass is 19.3. The molecule has 4 nitrogen and oxygen atoms in total. The Morgan fingerprint density at radius 2 is 1.95 bits per heavy atom. The first-order chi connectivity index (χ1) is 10.1. The monoisotopic (exact) mass is 294 g/mol. The highest BCUT2D eigenvalue weighted by Crippen LogP contribution is 2.38. The van der Waals surface area contributed by atoms with Crippen molar-refractivity contribution in [2.45, 2.75) is 51.9 Å². The van der Waals surface area contributed by atoms with E-state index in [1.54, 1.807) is 4.52 Å². The van der Waals surface area contributed by atoms with Crippen molar-refractivity contribution in [2.75, 3.05) is 0 Å². The van der Waals surface area contributed by atoms with Crippen molar-refractivity contribution in [1.82, 2.24) is 19.6 Å². The fourth-order valence-electron chi connectivity index (χ4n) is 3.31. The van der Waals surface area contributed by atoms with Gasteiger partial charge in [-0.3, -0.25) is 0 Å². The lowest BCUT2D eigenvalue weighted by Crippen LogP contribution is -2.15. The van der Waals surface area contributed by atoms with Gasteiger partial charge in [-0.2, -0.15) is 10.1 Å². The van der Waals surface area contributed by atoms with Crippen LogP contribution in [-0.4, -0.2) is 19.6 Å². The third kappa shape index (κ3) is 2.76. The number of alkyl halides is 2. The number of halogens is 2. The van der Waals surface area contributed by atoms with Gasteiger partial charge in [-0.1, -0.05) is 26.7 Å². The summed E-state index contributed by atoms with van der Waals surface area (Å²) in [5.74, 6) is 1.65. The summed E-state index contributed by atoms with van der Waals surface area (Å²) in [6, 6.07) is 1.52. The van der Waals surface area contributed by atoms with E-state index in [2.05, 4.69) is 28.9 Å². The van der Waals surface area contributed by atoms with Gasteiger partial charge < -0.3 is 0 Å². The second-order valence-corrected chi connectivity index (χ2v) is 6.22. The van der Waals surface area contributed by atoms with Gasteiger partial charge in [-0.15, -0.1) is 0 Å². The average molecular weight is 294 g/mol. The maximum absolute atomic E-state index is 13.1. The summed E-state index contributed by atoms with van der Waals surface area (Å²) in [5, 5.41) is 4.18. The van der Waals surface area contributed by atoms with E-state index < -0.39 is 6.43 Å². The first-order valence-corrected chi connectivity index (χ1v) is 7.55. The summed E-state index contributed by atoms with van der Waals surface area (Å²) >= 11 is 0. The largest absolute Gasteiger partial charge is 0.280 e. The molecular weight excluding hydrogens is 274 g/mol. The third-order valence-corrected chi connectivity index (χ3v) is 4.67. The predicted molar refractivity (Wildman–Crippen MR) is 75.3 cm³/mol. The molecule has 0 saturated heterocycles. The van der Waals surface area contributed by atoms with Gasteiger partial charge in [0, 0.05) is 5.92 Å². The fourth-order valence-corrected chi connectivity index (χ4v) is 3.31. The van der Waals surface area contributed by atoms with Crippen LogP contribution in [0.25, 0.3) is 5.78 Å². The zero-order valence-electron chi connectivity index (χ0n) is 12.3. The maximum atomic E-state index is 13.1. The molecule has 6 heteroatoms. The molecule has 1 aliphatic rings. The molecule has 0 spiro atoms. The van der Waals surface area contributed by atoms with Crippen LogP contribution < -0.4 is 0 Å². The molecule has 1 saturated carbocycles. The Kier molecular flexibility index (Phi) is 3.87. The number of hydrogen-bond donors (Lipinski definition) is 0. The molecule has 0 radical (unpaired) electrons. The van der Waals surface area contributed by atoms with Gasteiger partial charge in [-0.05, 0) is 30.7 Å². The number of nitrogens with zero attached hydrogens (tertiary/aromatic N) is 4. The van der Waals surface area contributed by atoms with Crippen LogP contribution >= 0.6 is 0 Å². The lowest BCUT2D eigenvalue weighted by molar-refractivity contribution is 0.146. The van der Waals surface area contributed by atoms with E-state index in [1.807, 2.05) is 0 Å². The van der Waals surface area contributed by atoms with Gasteiger partial charge in [-0.25, -0.2) is 18.3 Å². The van der Waals surface area contributed by atoms with Gasteiger partial charge in [0.25, 0.3) is 12.2 Å². The first kappa shape index (κ1) is 14.4. The van der Waals surface area contributed by atoms with E-state index in [0.29, 0.717) is 11.8 Å². The standard InChI is InChI=1S/C15H20F2N4/c1-9-3-5-10(2)11(6-4-9)13-7-12(14(16)17)20-15-18-8-19-21(13)15/h7-11,14H,3-6H2,1-2H3. The summed E-state index contributed by atoms with van der Waals surface area (Å²) in [4.78, 5) is 7.88. The maximum Gasteiger partial charge on any atom is 0.280 e. The Hall–Kier alpha value is -1.59. The Balaban J connectivity index is 2.07. The predicted octanol–water partition coefficient (Wildman–Crippen LogP) is 3.99. The van der Waals surface area contributed by atoms with E-state index in [0.717, 1.165) is 25.0 Å². The minimum absolute atomic E-state index is 0.199. The van der Waals surface area contributed by atoms with Crippen molar-refractivity contribution >= 4 is 5.78 Å². The fraction of sp³-hybridized carbons (Fsp3) is 0.667. The normalized spacial score (nSPS) is 27.2. The molecule has 0 aliphatic heterocycles. The van der Waals surface area contributed by atoms with Crippen molar-refractivity contribution in [3.8, 4) is 0 Å². The van der Waals surface area contributed by atoms with Crippen molar-refractivity contribution in [2.24, 2.45) is 11.8 Å². The molecule has 0 amide bonds. The van der Waals surface area contributed by atoms with Crippen molar-refractivity contribution in [3.63, 3.8) is 0 Å². The lowest BCUT2D eigenvalue weighted by atomic mass is 9.86. The molecule has 21 heavy (non-hydrogen) atoms. The molecule has 2 aromatic heterocycles. The number of hydrogen-bond acceptors (Lipinski definition) is 3. The molecule has 3 atom stereocenters. The van der Waals surface area contributed by atoms with Crippen molar-refractivity contribution in [1.29, 1.82) is 0 Å². The van der Waals surface area contributed by atoms with E-state index >= 15 is 0 Å². The highest BCUT2D eigenvalue weighted by Gasteiger charge is 2.28. The van der Waals surface area contributed by atoms with Gasteiger partial charge in [0.2, 0.25) is 0 Å². The van der Waals surface area contributed by atoms with Crippen LogP contribution in [0.3, 0.4) is 0 Å². The second-order valence-electron chi connectivity index (χ2n) is 6.22. The molecule has 0 aromatic carbocycles. The quantitative estimate of drug-likeness (QED) is 0.786. The summed E-state index contributed by atoms with van der Waals surface area (Å²) in [6.07, 6.45) is 3.25. The Labute approximate surface area is 122 Å². The molecule has 114 valence electrons. The smallest absolute Gasteiger partial charge is 0.210 e. The lowest BCUT2D eigenvalue weighted by Gasteiger charge is -2.22. The van der Waals surface area contributed by atoms with E-state index in [9.17, 15) is 8.78 Å². The SMILES string of the molecule is CC1CCC(C)C(c2cc(C(F)F)nc3ncnn23)CC1. The van der Waals surface area contributed by atoms with Crippen molar-refractivity contribution in [3.05, 3.63) is 23.8 Å². The summed E-state index contributed by atoms with van der Waals surface area (Å²) in [5.41, 5.74) is 0.629. The zero-order valence-corrected chi connectivity index (χ0v) is 12.3. The summed E-state index contributed by atoms with van der Waals surface area (Å²) < 4.78 is 27.8. The zero-order chi connectivity index (χ0) is 15.0. The van der Waals surface area contributed by atoms with Gasteiger partial charge in [0.05, 0.1) is 5.69 Å². The Bertz CT molecular complexity index is 625. The molecule has 3 rings (SSSR count). The second kappa shape index (κ2) is 5.66. The van der Waals surface area contributed by atoms with E-state index in [-0.39, 0.29) is 17.4 Å². The topological polar surface area (TPSA) is 43.1 Å². The average Bonchev–Trinajstić information content (AvgIpc) is 2.86. The van der Waals surface area contributed by atoms with Gasteiger partial charge in [0.15, 0.2) is 0 Å². The van der Waals surface area contributed by atoms with Crippen LogP contribution in [0.4, 0.5) is 8.78 Å². The molecule has 0 N–H and O–H groups in total. The Morgan fingerprint density at radius 3 is 2.71 bits per heavy atom. The van der Waals surface area contributed by atoms with Crippen LogP contribution in [0.1, 0.15) is 63.3 Å². The van der Waals surface area contributed by atoms with Gasteiger partial charge >= 0.3 is 0 Å². The molecule has 1 aliphatic carbocycles.